The van der Waals surface area contributed by atoms with Crippen LogP contribution in [0.25, 0.3) is 44.5 Å². The number of anilines is 1. The normalized spacial score (nSPS) is 11.0. The van der Waals surface area contributed by atoms with Crippen molar-refractivity contribution < 1.29 is 13.9 Å². The summed E-state index contributed by atoms with van der Waals surface area (Å²) in [6.45, 7) is 6.09. The molecular weight excluding hydrogens is 518 g/mol. The number of H-pyrrole nitrogens is 1. The average molecular weight is 544 g/mol. The van der Waals surface area contributed by atoms with Crippen LogP contribution in [0.15, 0.2) is 69.3 Å². The molecule has 0 aliphatic carbocycles. The van der Waals surface area contributed by atoms with Gasteiger partial charge in [-0.25, -0.2) is 29.6 Å². The first-order valence-corrected chi connectivity index (χ1v) is 13.1. The number of aromatic amines is 1. The van der Waals surface area contributed by atoms with E-state index in [1.807, 2.05) is 56.5 Å². The van der Waals surface area contributed by atoms with Crippen LogP contribution in [0.5, 0.6) is 5.88 Å². The summed E-state index contributed by atoms with van der Waals surface area (Å²) in [6.07, 6.45) is 1.50. The number of hydrogen-bond acceptors (Lipinski definition) is 9. The number of nitrogens with zero attached hydrogens (tertiary/aromatic N) is 4. The van der Waals surface area contributed by atoms with Crippen LogP contribution in [0.3, 0.4) is 0 Å². The summed E-state index contributed by atoms with van der Waals surface area (Å²) in [6, 6.07) is 14.8. The predicted octanol–water partition coefficient (Wildman–Crippen LogP) is 5.21. The number of thiazole rings is 1. The average Bonchev–Trinajstić information content (AvgIpc) is 3.58. The Hall–Kier alpha value is -4.84. The van der Waals surface area contributed by atoms with Crippen LogP contribution >= 0.6 is 11.3 Å². The number of carbonyl (C=O) groups is 1. The number of hydrogen-bond donors (Lipinski definition) is 3. The molecule has 0 radical (unpaired) electrons. The lowest BCUT2D eigenvalue weighted by Gasteiger charge is -2.14. The van der Waals surface area contributed by atoms with Crippen molar-refractivity contribution in [2.75, 3.05) is 11.9 Å². The molecule has 1 aromatic carbocycles. The Morgan fingerprint density at radius 3 is 2.62 bits per heavy atom. The third-order valence-electron chi connectivity index (χ3n) is 5.41. The molecule has 198 valence electrons. The van der Waals surface area contributed by atoms with Gasteiger partial charge in [0.15, 0.2) is 0 Å². The Balaban J connectivity index is 1.65. The molecule has 0 atom stereocenters. The van der Waals surface area contributed by atoms with E-state index in [0.29, 0.717) is 35.1 Å². The van der Waals surface area contributed by atoms with E-state index in [9.17, 15) is 9.59 Å². The van der Waals surface area contributed by atoms with Crippen LogP contribution in [-0.4, -0.2) is 43.8 Å². The minimum absolute atomic E-state index is 0.0279. The smallest absolute Gasteiger partial charge is 0.434 e. The van der Waals surface area contributed by atoms with Gasteiger partial charge in [-0.2, -0.15) is 0 Å². The van der Waals surface area contributed by atoms with Gasteiger partial charge < -0.3 is 14.5 Å². The monoisotopic (exact) mass is 543 g/mol. The van der Waals surface area contributed by atoms with Crippen LogP contribution < -0.4 is 21.1 Å². The molecule has 0 saturated heterocycles. The van der Waals surface area contributed by atoms with Gasteiger partial charge in [-0.05, 0) is 38.5 Å². The minimum Gasteiger partial charge on any atom is -0.475 e. The third-order valence-corrected chi connectivity index (χ3v) is 6.29. The standard InChI is InChI=1S/C27H25N7O4S/c1-4-28-26(35)32-22-12-18(25-31-21(14-39-25)16-8-6-5-7-9-16)19(13-29-22)17-10-20(24-33-34-27(36)38-24)30-23(11-17)37-15(2)3/h5-15H,4H2,1-3H3,(H,34,36)(H2,28,29,32,35). The molecule has 12 heteroatoms. The van der Waals surface area contributed by atoms with E-state index in [2.05, 4.69) is 30.8 Å². The van der Waals surface area contributed by atoms with Crippen molar-refractivity contribution in [2.45, 2.75) is 26.9 Å². The van der Waals surface area contributed by atoms with Crippen LogP contribution in [0.2, 0.25) is 0 Å². The van der Waals surface area contributed by atoms with E-state index >= 15 is 0 Å². The maximum atomic E-state index is 12.2. The number of carbonyl (C=O) groups excluding carboxylic acids is 1. The molecule has 0 saturated carbocycles. The van der Waals surface area contributed by atoms with Crippen LogP contribution in [0, 0.1) is 0 Å². The quantitative estimate of drug-likeness (QED) is 0.242. The van der Waals surface area contributed by atoms with E-state index in [4.69, 9.17) is 14.1 Å². The first kappa shape index (κ1) is 25.8. The topological polar surface area (TPSA) is 148 Å². The van der Waals surface area contributed by atoms with Gasteiger partial charge in [-0.1, -0.05) is 30.3 Å². The van der Waals surface area contributed by atoms with E-state index in [1.54, 1.807) is 24.4 Å². The summed E-state index contributed by atoms with van der Waals surface area (Å²) in [5.74, 6) is 0.0214. The number of aromatic nitrogens is 5. The second-order valence-corrected chi connectivity index (χ2v) is 9.53. The summed E-state index contributed by atoms with van der Waals surface area (Å²) >= 11 is 1.47. The van der Waals surface area contributed by atoms with E-state index in [-0.39, 0.29) is 18.0 Å². The fourth-order valence-electron chi connectivity index (χ4n) is 3.80. The molecule has 3 N–H and O–H groups in total. The summed E-state index contributed by atoms with van der Waals surface area (Å²) in [5.41, 5.74) is 4.25. The highest BCUT2D eigenvalue weighted by Crippen LogP contribution is 2.38. The number of ether oxygens (including phenoxy) is 1. The van der Waals surface area contributed by atoms with E-state index in [1.165, 1.54) is 11.3 Å². The van der Waals surface area contributed by atoms with Crippen molar-refractivity contribution in [1.82, 2.24) is 30.5 Å². The highest BCUT2D eigenvalue weighted by molar-refractivity contribution is 7.13. The van der Waals surface area contributed by atoms with Crippen molar-refractivity contribution in [2.24, 2.45) is 0 Å². The van der Waals surface area contributed by atoms with Crippen molar-refractivity contribution in [3.8, 4) is 50.4 Å². The van der Waals surface area contributed by atoms with Crippen molar-refractivity contribution in [3.05, 3.63) is 70.7 Å². The number of rotatable bonds is 8. The SMILES string of the molecule is CCNC(=O)Nc1cc(-c2nc(-c3ccccc3)cs2)c(-c2cc(OC(C)C)nc(-c3n[nH]c(=O)o3)c2)cn1. The molecule has 0 aliphatic heterocycles. The molecule has 5 aromatic rings. The van der Waals surface area contributed by atoms with Crippen LogP contribution in [-0.2, 0) is 0 Å². The minimum atomic E-state index is -0.692. The maximum Gasteiger partial charge on any atom is 0.434 e. The molecule has 0 spiro atoms. The Labute approximate surface area is 227 Å². The zero-order valence-electron chi connectivity index (χ0n) is 21.4. The second-order valence-electron chi connectivity index (χ2n) is 8.67. The van der Waals surface area contributed by atoms with Gasteiger partial charge in [0, 0.05) is 40.9 Å². The summed E-state index contributed by atoms with van der Waals surface area (Å²) in [4.78, 5) is 37.7. The fourth-order valence-corrected chi connectivity index (χ4v) is 4.66. The Morgan fingerprint density at radius 1 is 1.08 bits per heavy atom. The molecule has 39 heavy (non-hydrogen) atoms. The first-order chi connectivity index (χ1) is 18.9. The van der Waals surface area contributed by atoms with Crippen LogP contribution in [0.4, 0.5) is 10.6 Å². The van der Waals surface area contributed by atoms with Gasteiger partial charge >= 0.3 is 11.8 Å². The summed E-state index contributed by atoms with van der Waals surface area (Å²) in [7, 11) is 0. The number of amides is 2. The molecule has 2 amide bonds. The lowest BCUT2D eigenvalue weighted by Crippen LogP contribution is -2.28. The third kappa shape index (κ3) is 6.02. The van der Waals surface area contributed by atoms with Gasteiger partial charge in [0.1, 0.15) is 16.5 Å². The molecule has 5 rings (SSSR count). The van der Waals surface area contributed by atoms with Gasteiger partial charge in [-0.3, -0.25) is 5.32 Å². The molecule has 0 aliphatic rings. The maximum absolute atomic E-state index is 12.2. The molecule has 11 nitrogen and oxygen atoms in total. The molecule has 0 bridgehead atoms. The summed E-state index contributed by atoms with van der Waals surface area (Å²) in [5, 5.41) is 14.4. The molecule has 0 unspecified atom stereocenters. The zero-order chi connectivity index (χ0) is 27.4. The summed E-state index contributed by atoms with van der Waals surface area (Å²) < 4.78 is 11.0. The Kier molecular flexibility index (Phi) is 7.46. The number of urea groups is 1. The highest BCUT2D eigenvalue weighted by Gasteiger charge is 2.19. The lowest BCUT2D eigenvalue weighted by molar-refractivity contribution is 0.233. The molecule has 0 fully saturated rings. The Morgan fingerprint density at radius 2 is 1.90 bits per heavy atom. The van der Waals surface area contributed by atoms with Gasteiger partial charge in [0.2, 0.25) is 5.88 Å². The number of benzene rings is 1. The van der Waals surface area contributed by atoms with Gasteiger partial charge in [0.05, 0.1) is 11.8 Å². The second kappa shape index (κ2) is 11.3. The van der Waals surface area contributed by atoms with Gasteiger partial charge in [-0.15, -0.1) is 16.4 Å². The largest absolute Gasteiger partial charge is 0.475 e. The first-order valence-electron chi connectivity index (χ1n) is 12.2. The molecular formula is C27H25N7O4S. The number of pyridine rings is 2. The van der Waals surface area contributed by atoms with Gasteiger partial charge in [0.25, 0.3) is 5.89 Å². The van der Waals surface area contributed by atoms with Crippen molar-refractivity contribution >= 4 is 23.2 Å². The lowest BCUT2D eigenvalue weighted by atomic mass is 10.0. The highest BCUT2D eigenvalue weighted by atomic mass is 32.1. The van der Waals surface area contributed by atoms with Crippen LogP contribution in [0.1, 0.15) is 20.8 Å². The molecule has 4 aromatic heterocycles. The molecule has 4 heterocycles. The number of nitrogens with one attached hydrogen (secondary N) is 3. The van der Waals surface area contributed by atoms with Crippen molar-refractivity contribution in [3.63, 3.8) is 0 Å². The van der Waals surface area contributed by atoms with Crippen molar-refractivity contribution in [1.29, 1.82) is 0 Å². The zero-order valence-corrected chi connectivity index (χ0v) is 22.2. The fraction of sp³-hybridized carbons (Fsp3) is 0.185. The Bertz CT molecular complexity index is 1660. The predicted molar refractivity (Wildman–Crippen MR) is 149 cm³/mol. The van der Waals surface area contributed by atoms with E-state index < -0.39 is 5.76 Å². The van der Waals surface area contributed by atoms with E-state index in [0.717, 1.165) is 21.8 Å².